The molecule has 130 valence electrons. The van der Waals surface area contributed by atoms with E-state index in [1.54, 1.807) is 24.3 Å². The van der Waals surface area contributed by atoms with Gasteiger partial charge >= 0.3 is 0 Å². The number of aromatic nitrogens is 1. The molecule has 0 bridgehead atoms. The number of pyridine rings is 1. The van der Waals surface area contributed by atoms with Crippen LogP contribution < -0.4 is 5.32 Å². The van der Waals surface area contributed by atoms with Crippen LogP contribution in [0.2, 0.25) is 0 Å². The predicted molar refractivity (Wildman–Crippen MR) is 93.2 cm³/mol. The molecular weight excluding hydrogens is 318 g/mol. The van der Waals surface area contributed by atoms with Crippen molar-refractivity contribution in [3.8, 4) is 0 Å². The van der Waals surface area contributed by atoms with E-state index < -0.39 is 0 Å². The Morgan fingerprint density at radius 3 is 2.88 bits per heavy atom. The highest BCUT2D eigenvalue weighted by Gasteiger charge is 2.31. The maximum atomic E-state index is 12.7. The summed E-state index contributed by atoms with van der Waals surface area (Å²) < 4.78 is 5.05. The van der Waals surface area contributed by atoms with Crippen molar-refractivity contribution in [1.29, 1.82) is 0 Å². The van der Waals surface area contributed by atoms with Crippen molar-refractivity contribution in [2.45, 2.75) is 19.5 Å². The standard InChI is InChI=1S/C19H21N3O3/c1-13(16-8-3-4-9-20-16)21-18(23)15-7-5-6-14-12-22(10-11-25-2)19(24)17(14)15/h3-9,13H,10-12H2,1-2H3,(H,21,23). The molecule has 3 rings (SSSR count). The summed E-state index contributed by atoms with van der Waals surface area (Å²) in [5, 5.41) is 2.92. The summed E-state index contributed by atoms with van der Waals surface area (Å²) in [6.07, 6.45) is 1.69. The molecule has 0 spiro atoms. The van der Waals surface area contributed by atoms with Crippen LogP contribution >= 0.6 is 0 Å². The van der Waals surface area contributed by atoms with Gasteiger partial charge in [-0.1, -0.05) is 18.2 Å². The molecular formula is C19H21N3O3. The number of fused-ring (bicyclic) bond motifs is 1. The zero-order valence-corrected chi connectivity index (χ0v) is 14.4. The molecule has 0 radical (unpaired) electrons. The van der Waals surface area contributed by atoms with Crippen LogP contribution in [0.3, 0.4) is 0 Å². The lowest BCUT2D eigenvalue weighted by Gasteiger charge is -2.16. The van der Waals surface area contributed by atoms with Gasteiger partial charge in [-0.25, -0.2) is 0 Å². The van der Waals surface area contributed by atoms with Crippen LogP contribution in [0.5, 0.6) is 0 Å². The second-order valence-electron chi connectivity index (χ2n) is 6.01. The summed E-state index contributed by atoms with van der Waals surface area (Å²) >= 11 is 0. The van der Waals surface area contributed by atoms with Crippen molar-refractivity contribution in [3.05, 3.63) is 65.0 Å². The molecule has 6 nitrogen and oxygen atoms in total. The number of carbonyl (C=O) groups is 2. The van der Waals surface area contributed by atoms with E-state index in [9.17, 15) is 9.59 Å². The zero-order chi connectivity index (χ0) is 17.8. The Bertz CT molecular complexity index is 777. The highest BCUT2D eigenvalue weighted by Crippen LogP contribution is 2.26. The molecule has 1 aromatic carbocycles. The molecule has 0 aliphatic carbocycles. The molecule has 0 fully saturated rings. The van der Waals surface area contributed by atoms with E-state index in [0.717, 1.165) is 11.3 Å². The van der Waals surface area contributed by atoms with E-state index in [0.29, 0.717) is 30.8 Å². The van der Waals surface area contributed by atoms with Gasteiger partial charge in [-0.05, 0) is 30.7 Å². The molecule has 2 aromatic rings. The highest BCUT2D eigenvalue weighted by atomic mass is 16.5. The molecule has 1 aliphatic heterocycles. The monoisotopic (exact) mass is 339 g/mol. The maximum Gasteiger partial charge on any atom is 0.255 e. The highest BCUT2D eigenvalue weighted by molar-refractivity contribution is 6.09. The van der Waals surface area contributed by atoms with Gasteiger partial charge in [0.05, 0.1) is 29.5 Å². The van der Waals surface area contributed by atoms with Crippen molar-refractivity contribution in [2.75, 3.05) is 20.3 Å². The molecule has 25 heavy (non-hydrogen) atoms. The lowest BCUT2D eigenvalue weighted by Crippen LogP contribution is -2.31. The van der Waals surface area contributed by atoms with Gasteiger partial charge in [-0.15, -0.1) is 0 Å². The first-order valence-corrected chi connectivity index (χ1v) is 8.23. The van der Waals surface area contributed by atoms with E-state index in [-0.39, 0.29) is 17.9 Å². The number of amides is 2. The number of nitrogens with one attached hydrogen (secondary N) is 1. The second kappa shape index (κ2) is 7.44. The van der Waals surface area contributed by atoms with Crippen LogP contribution in [0.4, 0.5) is 0 Å². The molecule has 1 atom stereocenters. The third kappa shape index (κ3) is 3.53. The second-order valence-corrected chi connectivity index (χ2v) is 6.01. The SMILES string of the molecule is COCCN1Cc2cccc(C(=O)NC(C)c3ccccn3)c2C1=O. The van der Waals surface area contributed by atoms with E-state index in [2.05, 4.69) is 10.3 Å². The van der Waals surface area contributed by atoms with Crippen molar-refractivity contribution >= 4 is 11.8 Å². The van der Waals surface area contributed by atoms with Crippen molar-refractivity contribution in [1.82, 2.24) is 15.2 Å². The molecule has 0 saturated carbocycles. The van der Waals surface area contributed by atoms with Gasteiger partial charge < -0.3 is 15.0 Å². The van der Waals surface area contributed by atoms with Crippen LogP contribution in [0, 0.1) is 0 Å². The minimum atomic E-state index is -0.267. The Balaban J connectivity index is 1.80. The van der Waals surface area contributed by atoms with Gasteiger partial charge in [0, 0.05) is 26.4 Å². The third-order valence-corrected chi connectivity index (χ3v) is 4.30. The summed E-state index contributed by atoms with van der Waals surface area (Å²) in [5.74, 6) is -0.389. The number of methoxy groups -OCH3 is 1. The van der Waals surface area contributed by atoms with Gasteiger partial charge in [-0.3, -0.25) is 14.6 Å². The van der Waals surface area contributed by atoms with E-state index >= 15 is 0 Å². The third-order valence-electron chi connectivity index (χ3n) is 4.30. The van der Waals surface area contributed by atoms with Gasteiger partial charge in [0.15, 0.2) is 0 Å². The quantitative estimate of drug-likeness (QED) is 0.875. The number of nitrogens with zero attached hydrogens (tertiary/aromatic N) is 2. The number of hydrogen-bond acceptors (Lipinski definition) is 4. The lowest BCUT2D eigenvalue weighted by molar-refractivity contribution is 0.0715. The summed E-state index contributed by atoms with van der Waals surface area (Å²) in [5.41, 5.74) is 2.55. The molecule has 1 unspecified atom stereocenters. The first kappa shape index (κ1) is 17.1. The van der Waals surface area contributed by atoms with Crippen LogP contribution in [0.15, 0.2) is 42.6 Å². The van der Waals surface area contributed by atoms with Crippen LogP contribution in [0.1, 0.15) is 44.9 Å². The fourth-order valence-electron chi connectivity index (χ4n) is 2.97. The van der Waals surface area contributed by atoms with Crippen LogP contribution in [-0.2, 0) is 11.3 Å². The van der Waals surface area contributed by atoms with Crippen molar-refractivity contribution in [3.63, 3.8) is 0 Å². The van der Waals surface area contributed by atoms with Crippen molar-refractivity contribution < 1.29 is 14.3 Å². The smallest absolute Gasteiger partial charge is 0.255 e. The molecule has 2 amide bonds. The van der Waals surface area contributed by atoms with E-state index in [4.69, 9.17) is 4.74 Å². The summed E-state index contributed by atoms with van der Waals surface area (Å²) in [7, 11) is 1.60. The Hall–Kier alpha value is -2.73. The Labute approximate surface area is 146 Å². The minimum absolute atomic E-state index is 0.122. The largest absolute Gasteiger partial charge is 0.383 e. The van der Waals surface area contributed by atoms with Gasteiger partial charge in [0.2, 0.25) is 0 Å². The number of ether oxygens (including phenoxy) is 1. The first-order valence-electron chi connectivity index (χ1n) is 8.23. The Morgan fingerprint density at radius 2 is 2.16 bits per heavy atom. The normalized spacial score (nSPS) is 14.3. The molecule has 1 aliphatic rings. The van der Waals surface area contributed by atoms with E-state index in [1.807, 2.05) is 37.3 Å². The predicted octanol–water partition coefficient (Wildman–Crippen LogP) is 2.17. The fourth-order valence-corrected chi connectivity index (χ4v) is 2.97. The average molecular weight is 339 g/mol. The first-order chi connectivity index (χ1) is 12.1. The molecule has 0 saturated heterocycles. The average Bonchev–Trinajstić information content (AvgIpc) is 2.96. The summed E-state index contributed by atoms with van der Waals surface area (Å²) in [6, 6.07) is 10.7. The fraction of sp³-hybridized carbons (Fsp3) is 0.316. The van der Waals surface area contributed by atoms with E-state index in [1.165, 1.54) is 0 Å². The molecule has 2 heterocycles. The molecule has 1 N–H and O–H groups in total. The zero-order valence-electron chi connectivity index (χ0n) is 14.4. The van der Waals surface area contributed by atoms with Gasteiger partial charge in [0.1, 0.15) is 0 Å². The number of hydrogen-bond donors (Lipinski definition) is 1. The summed E-state index contributed by atoms with van der Waals surface area (Å²) in [4.78, 5) is 31.3. The topological polar surface area (TPSA) is 71.5 Å². The van der Waals surface area contributed by atoms with Crippen molar-refractivity contribution in [2.24, 2.45) is 0 Å². The Kier molecular flexibility index (Phi) is 5.09. The maximum absolute atomic E-state index is 12.7. The van der Waals surface area contributed by atoms with Crippen LogP contribution in [-0.4, -0.2) is 42.0 Å². The number of rotatable bonds is 6. The lowest BCUT2D eigenvalue weighted by atomic mass is 10.0. The van der Waals surface area contributed by atoms with Gasteiger partial charge in [-0.2, -0.15) is 0 Å². The van der Waals surface area contributed by atoms with Crippen LogP contribution in [0.25, 0.3) is 0 Å². The minimum Gasteiger partial charge on any atom is -0.383 e. The molecule has 6 heteroatoms. The number of benzene rings is 1. The Morgan fingerprint density at radius 1 is 1.32 bits per heavy atom. The molecule has 1 aromatic heterocycles. The number of carbonyl (C=O) groups excluding carboxylic acids is 2. The summed E-state index contributed by atoms with van der Waals surface area (Å²) in [6.45, 7) is 3.36. The van der Waals surface area contributed by atoms with Gasteiger partial charge in [0.25, 0.3) is 11.8 Å².